The van der Waals surface area contributed by atoms with Gasteiger partial charge in [-0.2, -0.15) is 0 Å². The highest BCUT2D eigenvalue weighted by molar-refractivity contribution is 5.96. The molecule has 1 fully saturated rings. The molecule has 0 aliphatic carbocycles. The lowest BCUT2D eigenvalue weighted by Gasteiger charge is -2.33. The number of benzene rings is 2. The first-order valence-corrected chi connectivity index (χ1v) is 8.79. The standard InChI is InChI=1S/C20H21F3N2O2/c1-13-9-10-15(27-20(21,22)23)12-16(13)19(26)25-17-8-5-11-24-18(17)14-6-3-2-4-7-14/h2-4,6-7,9-10,12,17-18,24H,5,8,11H2,1H3,(H,25,26)/t17-,18-/m0/s1. The SMILES string of the molecule is Cc1ccc(OC(F)(F)F)cc1C(=O)N[C@H]1CCCN[C@H]1c1ccccc1. The van der Waals surface area contributed by atoms with Crippen molar-refractivity contribution in [2.45, 2.75) is 38.2 Å². The van der Waals surface area contributed by atoms with Crippen molar-refractivity contribution in [1.82, 2.24) is 10.6 Å². The van der Waals surface area contributed by atoms with Crippen molar-refractivity contribution < 1.29 is 22.7 Å². The van der Waals surface area contributed by atoms with Crippen molar-refractivity contribution >= 4 is 5.91 Å². The molecule has 0 saturated carbocycles. The number of hydrogen-bond donors (Lipinski definition) is 2. The number of halogens is 3. The molecule has 3 rings (SSSR count). The van der Waals surface area contributed by atoms with Gasteiger partial charge in [0.2, 0.25) is 0 Å². The summed E-state index contributed by atoms with van der Waals surface area (Å²) in [6.07, 6.45) is -3.10. The Morgan fingerprint density at radius 2 is 1.93 bits per heavy atom. The molecule has 0 unspecified atom stereocenters. The summed E-state index contributed by atoms with van der Waals surface area (Å²) in [7, 11) is 0. The van der Waals surface area contributed by atoms with Gasteiger partial charge in [-0.05, 0) is 49.6 Å². The summed E-state index contributed by atoms with van der Waals surface area (Å²) in [5, 5.41) is 6.39. The smallest absolute Gasteiger partial charge is 0.406 e. The van der Waals surface area contributed by atoms with Gasteiger partial charge in [0.15, 0.2) is 0 Å². The van der Waals surface area contributed by atoms with Crippen LogP contribution in [0, 0.1) is 6.92 Å². The van der Waals surface area contributed by atoms with Crippen LogP contribution in [0.3, 0.4) is 0 Å². The van der Waals surface area contributed by atoms with Crippen molar-refractivity contribution in [3.05, 3.63) is 65.2 Å². The van der Waals surface area contributed by atoms with Gasteiger partial charge in [0.25, 0.3) is 5.91 Å². The molecule has 4 nitrogen and oxygen atoms in total. The van der Waals surface area contributed by atoms with Gasteiger partial charge in [-0.3, -0.25) is 4.79 Å². The Kier molecular flexibility index (Phi) is 5.70. The monoisotopic (exact) mass is 378 g/mol. The Balaban J connectivity index is 1.78. The second-order valence-corrected chi connectivity index (χ2v) is 6.59. The number of rotatable bonds is 4. The fraction of sp³-hybridized carbons (Fsp3) is 0.350. The number of ether oxygens (including phenoxy) is 1. The molecule has 1 aliphatic heterocycles. The van der Waals surface area contributed by atoms with Crippen molar-refractivity contribution in [2.75, 3.05) is 6.54 Å². The first-order valence-electron chi connectivity index (χ1n) is 8.79. The number of aryl methyl sites for hydroxylation is 1. The van der Waals surface area contributed by atoms with Crippen LogP contribution in [0.5, 0.6) is 5.75 Å². The molecule has 0 aromatic heterocycles. The van der Waals surface area contributed by atoms with Gasteiger partial charge in [0.1, 0.15) is 5.75 Å². The summed E-state index contributed by atoms with van der Waals surface area (Å²) in [5.41, 5.74) is 1.82. The van der Waals surface area contributed by atoms with Gasteiger partial charge in [-0.25, -0.2) is 0 Å². The average Bonchev–Trinajstić information content (AvgIpc) is 2.63. The van der Waals surface area contributed by atoms with E-state index in [2.05, 4.69) is 15.4 Å². The zero-order valence-electron chi connectivity index (χ0n) is 14.8. The maximum atomic E-state index is 12.8. The number of carbonyl (C=O) groups excluding carboxylic acids is 1. The first kappa shape index (κ1) is 19.2. The van der Waals surface area contributed by atoms with Gasteiger partial charge in [0, 0.05) is 11.6 Å². The summed E-state index contributed by atoms with van der Waals surface area (Å²) >= 11 is 0. The van der Waals surface area contributed by atoms with Gasteiger partial charge in [-0.15, -0.1) is 13.2 Å². The number of piperidine rings is 1. The van der Waals surface area contributed by atoms with Crippen molar-refractivity contribution in [3.8, 4) is 5.75 Å². The lowest BCUT2D eigenvalue weighted by Crippen LogP contribution is -2.48. The maximum absolute atomic E-state index is 12.8. The molecule has 7 heteroatoms. The Morgan fingerprint density at radius 1 is 1.19 bits per heavy atom. The zero-order valence-corrected chi connectivity index (χ0v) is 14.8. The Bertz CT molecular complexity index is 794. The van der Waals surface area contributed by atoms with Crippen LogP contribution in [0.25, 0.3) is 0 Å². The summed E-state index contributed by atoms with van der Waals surface area (Å²) in [6.45, 7) is 2.53. The van der Waals surface area contributed by atoms with Crippen LogP contribution in [0.15, 0.2) is 48.5 Å². The van der Waals surface area contributed by atoms with Crippen LogP contribution in [0.1, 0.15) is 40.4 Å². The van der Waals surface area contributed by atoms with E-state index in [1.165, 1.54) is 12.1 Å². The van der Waals surface area contributed by atoms with E-state index in [0.29, 0.717) is 5.56 Å². The van der Waals surface area contributed by atoms with E-state index in [-0.39, 0.29) is 17.6 Å². The predicted molar refractivity (Wildman–Crippen MR) is 95.5 cm³/mol. The molecule has 1 amide bonds. The number of amides is 1. The maximum Gasteiger partial charge on any atom is 0.573 e. The minimum absolute atomic E-state index is 0.0428. The number of hydrogen-bond acceptors (Lipinski definition) is 3. The van der Waals surface area contributed by atoms with Crippen LogP contribution >= 0.6 is 0 Å². The normalized spacial score (nSPS) is 20.1. The second-order valence-electron chi connectivity index (χ2n) is 6.59. The van der Waals surface area contributed by atoms with Crippen LogP contribution < -0.4 is 15.4 Å². The topological polar surface area (TPSA) is 50.4 Å². The lowest BCUT2D eigenvalue weighted by atomic mass is 9.92. The Labute approximate surface area is 155 Å². The Morgan fingerprint density at radius 3 is 2.63 bits per heavy atom. The Hall–Kier alpha value is -2.54. The molecule has 1 heterocycles. The quantitative estimate of drug-likeness (QED) is 0.842. The highest BCUT2D eigenvalue weighted by Gasteiger charge is 2.32. The van der Waals surface area contributed by atoms with Gasteiger partial charge in [-0.1, -0.05) is 36.4 Å². The van der Waals surface area contributed by atoms with E-state index in [4.69, 9.17) is 0 Å². The molecule has 0 spiro atoms. The molecular formula is C20H21F3N2O2. The van der Waals surface area contributed by atoms with E-state index in [1.54, 1.807) is 6.92 Å². The number of nitrogens with one attached hydrogen (secondary N) is 2. The number of carbonyl (C=O) groups is 1. The summed E-state index contributed by atoms with van der Waals surface area (Å²) < 4.78 is 41.3. The van der Waals surface area contributed by atoms with Crippen molar-refractivity contribution in [2.24, 2.45) is 0 Å². The third-order valence-corrected chi connectivity index (χ3v) is 4.62. The molecular weight excluding hydrogens is 357 g/mol. The predicted octanol–water partition coefficient (Wildman–Crippen LogP) is 4.12. The first-order chi connectivity index (χ1) is 12.8. The molecule has 0 bridgehead atoms. The van der Waals surface area contributed by atoms with Crippen LogP contribution in [0.4, 0.5) is 13.2 Å². The molecule has 1 saturated heterocycles. The van der Waals surface area contributed by atoms with Gasteiger partial charge in [0.05, 0.1) is 6.04 Å². The lowest BCUT2D eigenvalue weighted by molar-refractivity contribution is -0.274. The summed E-state index contributed by atoms with van der Waals surface area (Å²) in [6, 6.07) is 13.4. The molecule has 27 heavy (non-hydrogen) atoms. The van der Waals surface area contributed by atoms with E-state index in [9.17, 15) is 18.0 Å². The molecule has 2 N–H and O–H groups in total. The van der Waals surface area contributed by atoms with E-state index >= 15 is 0 Å². The fourth-order valence-electron chi connectivity index (χ4n) is 3.34. The van der Waals surface area contributed by atoms with Crippen molar-refractivity contribution in [3.63, 3.8) is 0 Å². The number of alkyl halides is 3. The third-order valence-electron chi connectivity index (χ3n) is 4.62. The van der Waals surface area contributed by atoms with Gasteiger partial charge >= 0.3 is 6.36 Å². The molecule has 2 atom stereocenters. The minimum atomic E-state index is -4.80. The highest BCUT2D eigenvalue weighted by atomic mass is 19.4. The summed E-state index contributed by atoms with van der Waals surface area (Å²) in [4.78, 5) is 12.8. The molecule has 1 aliphatic rings. The second kappa shape index (κ2) is 8.00. The average molecular weight is 378 g/mol. The minimum Gasteiger partial charge on any atom is -0.406 e. The highest BCUT2D eigenvalue weighted by Crippen LogP contribution is 2.27. The zero-order chi connectivity index (χ0) is 19.4. The molecule has 0 radical (unpaired) electrons. The summed E-state index contributed by atoms with van der Waals surface area (Å²) in [5.74, 6) is -0.811. The molecule has 144 valence electrons. The van der Waals surface area contributed by atoms with Crippen molar-refractivity contribution in [1.29, 1.82) is 0 Å². The fourth-order valence-corrected chi connectivity index (χ4v) is 3.34. The third kappa shape index (κ3) is 5.01. The van der Waals surface area contributed by atoms with E-state index in [1.807, 2.05) is 30.3 Å². The van der Waals surface area contributed by atoms with Crippen LogP contribution in [-0.2, 0) is 0 Å². The van der Waals surface area contributed by atoms with Crippen LogP contribution in [0.2, 0.25) is 0 Å². The van der Waals surface area contributed by atoms with Gasteiger partial charge < -0.3 is 15.4 Å². The molecule has 2 aromatic rings. The van der Waals surface area contributed by atoms with E-state index in [0.717, 1.165) is 31.0 Å². The van der Waals surface area contributed by atoms with E-state index < -0.39 is 18.0 Å². The van der Waals surface area contributed by atoms with Crippen LogP contribution in [-0.4, -0.2) is 24.9 Å². The largest absolute Gasteiger partial charge is 0.573 e. The molecule has 2 aromatic carbocycles.